The zero-order chi connectivity index (χ0) is 19.1. The molecule has 0 bridgehead atoms. The summed E-state index contributed by atoms with van der Waals surface area (Å²) in [7, 11) is 3.29. The Hall–Kier alpha value is -2.03. The molecule has 26 heavy (non-hydrogen) atoms. The van der Waals surface area contributed by atoms with Crippen LogP contribution in [0.1, 0.15) is 50.3 Å². The number of hydrogen-bond donors (Lipinski definition) is 1. The van der Waals surface area contributed by atoms with Crippen LogP contribution >= 0.6 is 0 Å². The van der Waals surface area contributed by atoms with E-state index in [9.17, 15) is 10.4 Å². The Morgan fingerprint density at radius 3 is 2.65 bits per heavy atom. The molecule has 1 aromatic carbocycles. The zero-order valence-electron chi connectivity index (χ0n) is 16.3. The van der Waals surface area contributed by atoms with Crippen LogP contribution in [0.5, 0.6) is 11.5 Å². The number of benzene rings is 1. The quantitative estimate of drug-likeness (QED) is 0.719. The maximum atomic E-state index is 9.69. The molecule has 0 amide bonds. The molecule has 142 valence electrons. The number of aliphatic hydroxyl groups is 1. The van der Waals surface area contributed by atoms with Crippen LogP contribution in [0.3, 0.4) is 0 Å². The summed E-state index contributed by atoms with van der Waals surface area (Å²) in [5.74, 6) is 1.45. The van der Waals surface area contributed by atoms with Gasteiger partial charge in [0.2, 0.25) is 0 Å². The van der Waals surface area contributed by atoms with Crippen LogP contribution in [-0.4, -0.2) is 43.4 Å². The molecule has 1 aliphatic heterocycles. The van der Waals surface area contributed by atoms with Crippen molar-refractivity contribution in [1.82, 2.24) is 4.90 Å². The minimum Gasteiger partial charge on any atom is -0.493 e. The van der Waals surface area contributed by atoms with Crippen LogP contribution in [0, 0.1) is 11.3 Å². The predicted octanol–water partition coefficient (Wildman–Crippen LogP) is 3.62. The van der Waals surface area contributed by atoms with Crippen LogP contribution in [0.15, 0.2) is 23.8 Å². The fourth-order valence-electron chi connectivity index (χ4n) is 3.64. The molecule has 0 saturated carbocycles. The summed E-state index contributed by atoms with van der Waals surface area (Å²) < 4.78 is 11.0. The van der Waals surface area contributed by atoms with Crippen LogP contribution in [0.2, 0.25) is 0 Å². The molecule has 5 nitrogen and oxygen atoms in total. The van der Waals surface area contributed by atoms with Crippen molar-refractivity contribution in [2.75, 3.05) is 27.4 Å². The van der Waals surface area contributed by atoms with Gasteiger partial charge >= 0.3 is 0 Å². The summed E-state index contributed by atoms with van der Waals surface area (Å²) in [5.41, 5.74) is 3.38. The highest BCUT2D eigenvalue weighted by Gasteiger charge is 2.32. The first-order chi connectivity index (χ1) is 12.6. The summed E-state index contributed by atoms with van der Waals surface area (Å²) >= 11 is 0. The molecular weight excluding hydrogens is 328 g/mol. The number of aliphatic hydroxyl groups excluding tert-OH is 1. The third-order valence-electron chi connectivity index (χ3n) is 5.09. The molecule has 1 aliphatic rings. The fraction of sp³-hybridized carbons (Fsp3) is 0.571. The van der Waals surface area contributed by atoms with Crippen molar-refractivity contribution in [3.05, 3.63) is 34.9 Å². The average Bonchev–Trinajstić information content (AvgIpc) is 2.68. The van der Waals surface area contributed by atoms with Crippen molar-refractivity contribution < 1.29 is 14.6 Å². The highest BCUT2D eigenvalue weighted by atomic mass is 16.5. The van der Waals surface area contributed by atoms with Gasteiger partial charge in [0, 0.05) is 12.6 Å². The number of hydrogen-bond acceptors (Lipinski definition) is 5. The van der Waals surface area contributed by atoms with Gasteiger partial charge in [-0.25, -0.2) is 0 Å². The predicted molar refractivity (Wildman–Crippen MR) is 102 cm³/mol. The Labute approximate surface area is 156 Å². The summed E-state index contributed by atoms with van der Waals surface area (Å²) in [4.78, 5) is 2.30. The monoisotopic (exact) mass is 358 g/mol. The van der Waals surface area contributed by atoms with Gasteiger partial charge in [-0.2, -0.15) is 5.26 Å². The van der Waals surface area contributed by atoms with Crippen molar-refractivity contribution in [3.63, 3.8) is 0 Å². The largest absolute Gasteiger partial charge is 0.493 e. The lowest BCUT2D eigenvalue weighted by Crippen LogP contribution is -2.42. The van der Waals surface area contributed by atoms with Gasteiger partial charge in [-0.15, -0.1) is 0 Å². The van der Waals surface area contributed by atoms with E-state index >= 15 is 0 Å². The summed E-state index contributed by atoms with van der Waals surface area (Å²) in [6, 6.07) is 6.58. The van der Waals surface area contributed by atoms with Gasteiger partial charge in [-0.1, -0.05) is 25.0 Å². The van der Waals surface area contributed by atoms with Crippen molar-refractivity contribution in [2.24, 2.45) is 0 Å². The van der Waals surface area contributed by atoms with Crippen LogP contribution in [-0.2, 0) is 6.42 Å². The molecule has 1 aromatic rings. The normalized spacial score (nSPS) is 18.8. The minimum absolute atomic E-state index is 0.0577. The molecule has 1 heterocycles. The molecule has 0 fully saturated rings. The molecule has 2 unspecified atom stereocenters. The molecule has 5 heteroatoms. The Kier molecular flexibility index (Phi) is 7.50. The number of rotatable bonds is 8. The lowest BCUT2D eigenvalue weighted by molar-refractivity contribution is 0.145. The van der Waals surface area contributed by atoms with Crippen LogP contribution < -0.4 is 9.47 Å². The topological polar surface area (TPSA) is 65.7 Å². The average molecular weight is 358 g/mol. The Bertz CT molecular complexity index is 679. The van der Waals surface area contributed by atoms with E-state index in [1.807, 2.05) is 13.0 Å². The molecule has 0 radical (unpaired) electrons. The molecule has 0 aliphatic carbocycles. The highest BCUT2D eigenvalue weighted by molar-refractivity contribution is 5.49. The van der Waals surface area contributed by atoms with Gasteiger partial charge in [0.15, 0.2) is 11.5 Å². The van der Waals surface area contributed by atoms with Crippen molar-refractivity contribution in [2.45, 2.75) is 51.6 Å². The maximum absolute atomic E-state index is 9.69. The minimum atomic E-state index is -0.103. The lowest BCUT2D eigenvalue weighted by atomic mass is 9.88. The summed E-state index contributed by atoms with van der Waals surface area (Å²) in [5, 5.41) is 19.0. The summed E-state index contributed by atoms with van der Waals surface area (Å²) in [6.45, 7) is 4.94. The Morgan fingerprint density at radius 1 is 1.38 bits per heavy atom. The number of methoxy groups -OCH3 is 2. The van der Waals surface area contributed by atoms with Crippen molar-refractivity contribution in [3.8, 4) is 17.6 Å². The number of fused-ring (bicyclic) bond motifs is 1. The van der Waals surface area contributed by atoms with Gasteiger partial charge in [0.05, 0.1) is 32.9 Å². The van der Waals surface area contributed by atoms with Crippen LogP contribution in [0.4, 0.5) is 0 Å². The Balaban J connectivity index is 2.47. The molecule has 0 spiro atoms. The van der Waals surface area contributed by atoms with Crippen molar-refractivity contribution in [1.29, 1.82) is 5.26 Å². The first kappa shape index (κ1) is 20.3. The SMILES string of the molecule is CCCC(C#N)N1CCc2cc(OC)c(OC)cc2C1C/C=C(\C)CO. The first-order valence-electron chi connectivity index (χ1n) is 9.26. The molecule has 2 rings (SSSR count). The third-order valence-corrected chi connectivity index (χ3v) is 5.09. The van der Waals surface area contributed by atoms with E-state index in [0.29, 0.717) is 5.75 Å². The van der Waals surface area contributed by atoms with Gasteiger partial charge < -0.3 is 14.6 Å². The van der Waals surface area contributed by atoms with E-state index in [2.05, 4.69) is 30.0 Å². The van der Waals surface area contributed by atoms with Gasteiger partial charge in [-0.05, 0) is 49.4 Å². The second kappa shape index (κ2) is 9.61. The van der Waals surface area contributed by atoms with E-state index in [4.69, 9.17) is 9.47 Å². The van der Waals surface area contributed by atoms with E-state index in [0.717, 1.165) is 43.6 Å². The third kappa shape index (κ3) is 4.38. The van der Waals surface area contributed by atoms with Gasteiger partial charge in [0.25, 0.3) is 0 Å². The highest BCUT2D eigenvalue weighted by Crippen LogP contribution is 2.40. The number of nitriles is 1. The van der Waals surface area contributed by atoms with Crippen LogP contribution in [0.25, 0.3) is 0 Å². The number of nitrogens with zero attached hydrogens (tertiary/aromatic N) is 2. The van der Waals surface area contributed by atoms with E-state index in [1.165, 1.54) is 11.1 Å². The summed E-state index contributed by atoms with van der Waals surface area (Å²) in [6.07, 6.45) is 5.56. The maximum Gasteiger partial charge on any atom is 0.161 e. The second-order valence-electron chi connectivity index (χ2n) is 6.79. The van der Waals surface area contributed by atoms with E-state index in [-0.39, 0.29) is 18.7 Å². The number of ether oxygens (including phenoxy) is 2. The second-order valence-corrected chi connectivity index (χ2v) is 6.79. The standard InChI is InChI=1S/C21H30N2O3/c1-5-6-17(13-22)23-10-9-16-11-20(25-3)21(26-4)12-18(16)19(23)8-7-15(2)14-24/h7,11-12,17,19,24H,5-6,8-10,14H2,1-4H3/b15-7+. The zero-order valence-corrected chi connectivity index (χ0v) is 16.3. The lowest BCUT2D eigenvalue weighted by Gasteiger charge is -2.40. The Morgan fingerprint density at radius 2 is 2.08 bits per heavy atom. The fourth-order valence-corrected chi connectivity index (χ4v) is 3.64. The van der Waals surface area contributed by atoms with Gasteiger partial charge in [-0.3, -0.25) is 4.90 Å². The van der Waals surface area contributed by atoms with Gasteiger partial charge in [0.1, 0.15) is 0 Å². The first-order valence-corrected chi connectivity index (χ1v) is 9.26. The smallest absolute Gasteiger partial charge is 0.161 e. The molecule has 2 atom stereocenters. The molecule has 0 aromatic heterocycles. The van der Waals surface area contributed by atoms with Crippen molar-refractivity contribution >= 4 is 0 Å². The van der Waals surface area contributed by atoms with E-state index < -0.39 is 0 Å². The van der Waals surface area contributed by atoms with E-state index in [1.54, 1.807) is 14.2 Å². The molecule has 1 N–H and O–H groups in total. The molecular formula is C21H30N2O3. The molecule has 0 saturated heterocycles.